The van der Waals surface area contributed by atoms with Gasteiger partial charge in [0.1, 0.15) is 0 Å². The molecule has 0 N–H and O–H groups in total. The third kappa shape index (κ3) is 3.86. The van der Waals surface area contributed by atoms with Crippen molar-refractivity contribution < 1.29 is 9.32 Å². The van der Waals surface area contributed by atoms with Crippen LogP contribution in [0.3, 0.4) is 0 Å². The molecular formula is C17H16Cl2N4O2. The number of carbonyl (C=O) groups is 1. The van der Waals surface area contributed by atoms with Crippen LogP contribution in [0, 0.1) is 0 Å². The third-order valence-electron chi connectivity index (χ3n) is 3.69. The van der Waals surface area contributed by atoms with Gasteiger partial charge >= 0.3 is 0 Å². The highest BCUT2D eigenvalue weighted by atomic mass is 35.5. The van der Waals surface area contributed by atoms with Crippen molar-refractivity contribution in [1.82, 2.24) is 19.8 Å². The van der Waals surface area contributed by atoms with Crippen LogP contribution in [0.25, 0.3) is 11.3 Å². The Labute approximate surface area is 154 Å². The molecule has 0 saturated carbocycles. The predicted molar refractivity (Wildman–Crippen MR) is 95.7 cm³/mol. The maximum atomic E-state index is 12.5. The van der Waals surface area contributed by atoms with E-state index < -0.39 is 0 Å². The van der Waals surface area contributed by atoms with E-state index in [1.54, 1.807) is 31.3 Å². The fraction of sp³-hybridized carbons (Fsp3) is 0.235. The van der Waals surface area contributed by atoms with Crippen molar-refractivity contribution in [2.24, 2.45) is 0 Å². The summed E-state index contributed by atoms with van der Waals surface area (Å²) in [6, 6.07) is 8.48. The van der Waals surface area contributed by atoms with Crippen LogP contribution in [0.15, 0.2) is 41.1 Å². The number of aryl methyl sites for hydroxylation is 1. The smallest absolute Gasteiger partial charge is 0.276 e. The van der Waals surface area contributed by atoms with Gasteiger partial charge in [0, 0.05) is 36.4 Å². The molecule has 6 nitrogen and oxygen atoms in total. The average molecular weight is 379 g/mol. The molecule has 130 valence electrons. The number of benzene rings is 1. The van der Waals surface area contributed by atoms with Gasteiger partial charge in [-0.15, -0.1) is 0 Å². The van der Waals surface area contributed by atoms with E-state index in [0.717, 1.165) is 12.2 Å². The molecule has 2 heterocycles. The summed E-state index contributed by atoms with van der Waals surface area (Å²) in [6.45, 7) is 3.17. The number of amides is 1. The minimum absolute atomic E-state index is 0.207. The Bertz CT molecular complexity index is 904. The first-order valence-corrected chi connectivity index (χ1v) is 8.43. The van der Waals surface area contributed by atoms with E-state index in [1.165, 1.54) is 4.90 Å². The number of rotatable bonds is 5. The minimum Gasteiger partial charge on any atom is -0.355 e. The van der Waals surface area contributed by atoms with Crippen LogP contribution >= 0.6 is 23.2 Å². The van der Waals surface area contributed by atoms with Crippen molar-refractivity contribution in [2.45, 2.75) is 20.0 Å². The lowest BCUT2D eigenvalue weighted by molar-refractivity contribution is 0.0773. The zero-order valence-corrected chi connectivity index (χ0v) is 15.3. The molecule has 0 saturated heterocycles. The molecule has 25 heavy (non-hydrogen) atoms. The molecule has 0 aliphatic carbocycles. The second kappa shape index (κ2) is 7.29. The second-order valence-corrected chi connectivity index (χ2v) is 6.37. The van der Waals surface area contributed by atoms with E-state index in [-0.39, 0.29) is 11.6 Å². The Balaban J connectivity index is 1.75. The summed E-state index contributed by atoms with van der Waals surface area (Å²) in [5.74, 6) is 0.153. The summed E-state index contributed by atoms with van der Waals surface area (Å²) in [5.41, 5.74) is 1.64. The summed E-state index contributed by atoms with van der Waals surface area (Å²) < 4.78 is 7.08. The molecular weight excluding hydrogens is 363 g/mol. The summed E-state index contributed by atoms with van der Waals surface area (Å²) >= 11 is 12.1. The summed E-state index contributed by atoms with van der Waals surface area (Å²) in [6.07, 6.45) is 1.88. The standard InChI is InChI=1S/C17H16Cl2N4O2/c1-3-23-7-6-12(20-23)10-22(2)17(24)15-9-16(25-21-15)13-5-4-11(18)8-14(13)19/h4-9H,3,10H2,1-2H3. The highest BCUT2D eigenvalue weighted by molar-refractivity contribution is 6.36. The van der Waals surface area contributed by atoms with Gasteiger partial charge in [-0.2, -0.15) is 5.10 Å². The molecule has 0 aliphatic heterocycles. The molecule has 0 unspecified atom stereocenters. The predicted octanol–water partition coefficient (Wildman–Crippen LogP) is 4.14. The Morgan fingerprint density at radius 1 is 1.28 bits per heavy atom. The average Bonchev–Trinajstić information content (AvgIpc) is 3.23. The van der Waals surface area contributed by atoms with Crippen molar-refractivity contribution >= 4 is 29.1 Å². The lowest BCUT2D eigenvalue weighted by Gasteiger charge is -2.13. The van der Waals surface area contributed by atoms with Crippen molar-refractivity contribution in [3.05, 3.63) is 58.0 Å². The summed E-state index contributed by atoms with van der Waals surface area (Å²) in [5, 5.41) is 9.18. The molecule has 3 aromatic rings. The van der Waals surface area contributed by atoms with Gasteiger partial charge in [0.25, 0.3) is 5.91 Å². The highest BCUT2D eigenvalue weighted by Gasteiger charge is 2.19. The van der Waals surface area contributed by atoms with E-state index in [4.69, 9.17) is 27.7 Å². The molecule has 2 aromatic heterocycles. The SMILES string of the molecule is CCn1ccc(CN(C)C(=O)c2cc(-c3ccc(Cl)cc3Cl)on2)n1. The zero-order chi connectivity index (χ0) is 18.0. The normalized spacial score (nSPS) is 10.9. The lowest BCUT2D eigenvalue weighted by atomic mass is 10.1. The lowest BCUT2D eigenvalue weighted by Crippen LogP contribution is -2.26. The molecule has 3 rings (SSSR count). The number of hydrogen-bond donors (Lipinski definition) is 0. The molecule has 0 bridgehead atoms. The van der Waals surface area contributed by atoms with Crippen LogP contribution in [-0.4, -0.2) is 32.8 Å². The largest absolute Gasteiger partial charge is 0.355 e. The number of carbonyl (C=O) groups excluding carboxylic acids is 1. The van der Waals surface area contributed by atoms with E-state index in [2.05, 4.69) is 10.3 Å². The van der Waals surface area contributed by atoms with Crippen molar-refractivity contribution in [2.75, 3.05) is 7.05 Å². The topological polar surface area (TPSA) is 64.2 Å². The molecule has 0 radical (unpaired) electrons. The monoisotopic (exact) mass is 378 g/mol. The Morgan fingerprint density at radius 3 is 2.76 bits per heavy atom. The molecule has 0 atom stereocenters. The minimum atomic E-state index is -0.258. The molecule has 8 heteroatoms. The van der Waals surface area contributed by atoms with Gasteiger partial charge < -0.3 is 9.42 Å². The van der Waals surface area contributed by atoms with Gasteiger partial charge in [-0.25, -0.2) is 0 Å². The van der Waals surface area contributed by atoms with Gasteiger partial charge in [0.05, 0.1) is 17.3 Å². The quantitative estimate of drug-likeness (QED) is 0.669. The number of hydrogen-bond acceptors (Lipinski definition) is 4. The zero-order valence-electron chi connectivity index (χ0n) is 13.7. The first-order chi connectivity index (χ1) is 12.0. The first-order valence-electron chi connectivity index (χ1n) is 7.68. The number of nitrogens with zero attached hydrogens (tertiary/aromatic N) is 4. The Kier molecular flexibility index (Phi) is 5.11. The van der Waals surface area contributed by atoms with Gasteiger partial charge in [0.15, 0.2) is 11.5 Å². The van der Waals surface area contributed by atoms with Crippen molar-refractivity contribution in [3.63, 3.8) is 0 Å². The molecule has 0 spiro atoms. The van der Waals surface area contributed by atoms with Crippen LogP contribution in [0.5, 0.6) is 0 Å². The third-order valence-corrected chi connectivity index (χ3v) is 4.24. The molecule has 1 amide bonds. The molecule has 1 aromatic carbocycles. The van der Waals surface area contributed by atoms with Crippen LogP contribution in [0.4, 0.5) is 0 Å². The second-order valence-electron chi connectivity index (χ2n) is 5.52. The van der Waals surface area contributed by atoms with E-state index in [0.29, 0.717) is 27.9 Å². The molecule has 0 aliphatic rings. The maximum Gasteiger partial charge on any atom is 0.276 e. The van der Waals surface area contributed by atoms with Gasteiger partial charge in [0.2, 0.25) is 0 Å². The fourth-order valence-corrected chi connectivity index (χ4v) is 2.87. The Morgan fingerprint density at radius 2 is 2.08 bits per heavy atom. The van der Waals surface area contributed by atoms with Gasteiger partial charge in [-0.1, -0.05) is 28.4 Å². The first kappa shape index (κ1) is 17.5. The maximum absolute atomic E-state index is 12.5. The van der Waals surface area contributed by atoms with Crippen LogP contribution in [-0.2, 0) is 13.1 Å². The van der Waals surface area contributed by atoms with E-state index in [1.807, 2.05) is 23.9 Å². The van der Waals surface area contributed by atoms with Crippen molar-refractivity contribution in [1.29, 1.82) is 0 Å². The van der Waals surface area contributed by atoms with Crippen LogP contribution in [0.1, 0.15) is 23.1 Å². The van der Waals surface area contributed by atoms with Crippen LogP contribution < -0.4 is 0 Å². The number of halogens is 2. The molecule has 0 fully saturated rings. The summed E-state index contributed by atoms with van der Waals surface area (Å²) in [7, 11) is 1.69. The number of aromatic nitrogens is 3. The van der Waals surface area contributed by atoms with Gasteiger partial charge in [-0.05, 0) is 31.2 Å². The summed E-state index contributed by atoms with van der Waals surface area (Å²) in [4.78, 5) is 14.1. The fourth-order valence-electron chi connectivity index (χ4n) is 2.37. The van der Waals surface area contributed by atoms with E-state index >= 15 is 0 Å². The van der Waals surface area contributed by atoms with E-state index in [9.17, 15) is 4.79 Å². The van der Waals surface area contributed by atoms with Crippen molar-refractivity contribution in [3.8, 4) is 11.3 Å². The Hall–Kier alpha value is -2.31. The van der Waals surface area contributed by atoms with Gasteiger partial charge in [-0.3, -0.25) is 9.48 Å². The van der Waals surface area contributed by atoms with Crippen LogP contribution in [0.2, 0.25) is 10.0 Å². The highest BCUT2D eigenvalue weighted by Crippen LogP contribution is 2.30.